The molecule has 1 saturated heterocycles. The standard InChI is InChI=1S/C39H62N6O9S/c1-6-25(4)33(38(51)43-32(24(2)3)35(40)48)44-37(50)30-18-13-21-45(30)39(52)34(47)28(22-27-16-11-8-12-17-27)42-36(49)29(23-55(5,53)54)41-31(46)20-19-26-14-9-7-10-15-26/h7,9-10,14-15,24-25,27-30,32-34,47H,6,8,11-13,16-23H2,1-5H3,(H2,40,48)(H,41,46)(H,42,49)(H,43,51)(H,44,50)/t25-,28+,29+,30+,32+,33+,34+/m1/s1. The minimum absolute atomic E-state index is 0.00554. The maximum Gasteiger partial charge on any atom is 0.254 e. The number of benzene rings is 1. The smallest absolute Gasteiger partial charge is 0.254 e. The molecule has 55 heavy (non-hydrogen) atoms. The van der Waals surface area contributed by atoms with Crippen molar-refractivity contribution >= 4 is 45.3 Å². The number of aliphatic hydroxyl groups is 1. The monoisotopic (exact) mass is 790 g/mol. The van der Waals surface area contributed by atoms with Gasteiger partial charge in [0.2, 0.25) is 29.5 Å². The lowest BCUT2D eigenvalue weighted by Gasteiger charge is -2.34. The minimum Gasteiger partial charge on any atom is -0.381 e. The molecule has 15 nitrogen and oxygen atoms in total. The Bertz CT molecular complexity index is 1580. The van der Waals surface area contributed by atoms with Crippen molar-refractivity contribution in [2.24, 2.45) is 23.5 Å². The van der Waals surface area contributed by atoms with Gasteiger partial charge < -0.3 is 37.0 Å². The van der Waals surface area contributed by atoms with Crippen LogP contribution in [-0.4, -0.2) is 109 Å². The van der Waals surface area contributed by atoms with Crippen molar-refractivity contribution in [3.63, 3.8) is 0 Å². The number of amides is 6. The summed E-state index contributed by atoms with van der Waals surface area (Å²) in [6, 6.07) is 3.59. The first-order chi connectivity index (χ1) is 25.9. The van der Waals surface area contributed by atoms with Crippen LogP contribution in [0.4, 0.5) is 0 Å². The molecule has 308 valence electrons. The molecule has 1 aromatic rings. The van der Waals surface area contributed by atoms with Gasteiger partial charge in [-0.15, -0.1) is 0 Å². The number of hydrogen-bond acceptors (Lipinski definition) is 9. The Kier molecular flexibility index (Phi) is 17.6. The van der Waals surface area contributed by atoms with Crippen LogP contribution in [0.1, 0.15) is 97.5 Å². The molecular weight excluding hydrogens is 729 g/mol. The molecule has 1 aliphatic carbocycles. The zero-order chi connectivity index (χ0) is 40.9. The predicted octanol–water partition coefficient (Wildman–Crippen LogP) is 1.11. The minimum atomic E-state index is -3.76. The number of hydrogen-bond donors (Lipinski definition) is 6. The van der Waals surface area contributed by atoms with Gasteiger partial charge in [0.25, 0.3) is 5.91 Å². The van der Waals surface area contributed by atoms with E-state index in [1.54, 1.807) is 20.8 Å². The summed E-state index contributed by atoms with van der Waals surface area (Å²) in [5.41, 5.74) is 6.40. The van der Waals surface area contributed by atoms with Gasteiger partial charge in [0.05, 0.1) is 11.8 Å². The van der Waals surface area contributed by atoms with Gasteiger partial charge in [-0.3, -0.25) is 28.8 Å². The average molecular weight is 791 g/mol. The van der Waals surface area contributed by atoms with Crippen molar-refractivity contribution in [1.29, 1.82) is 0 Å². The molecule has 2 aliphatic rings. The molecule has 0 radical (unpaired) electrons. The highest BCUT2D eigenvalue weighted by Crippen LogP contribution is 2.29. The van der Waals surface area contributed by atoms with E-state index in [0.29, 0.717) is 19.3 Å². The molecule has 3 rings (SSSR count). The molecule has 2 fully saturated rings. The fraction of sp³-hybridized carbons (Fsp3) is 0.692. The summed E-state index contributed by atoms with van der Waals surface area (Å²) in [4.78, 5) is 81.2. The second kappa shape index (κ2) is 21.3. The number of nitrogens with one attached hydrogen (secondary N) is 4. The Balaban J connectivity index is 1.80. The fourth-order valence-corrected chi connectivity index (χ4v) is 8.23. The van der Waals surface area contributed by atoms with Crippen LogP contribution in [0.15, 0.2) is 30.3 Å². The second-order valence-corrected chi connectivity index (χ2v) is 17.9. The van der Waals surface area contributed by atoms with Gasteiger partial charge in [0.15, 0.2) is 6.10 Å². The summed E-state index contributed by atoms with van der Waals surface area (Å²) in [5.74, 6) is -5.30. The zero-order valence-corrected chi connectivity index (χ0v) is 33.7. The quantitative estimate of drug-likeness (QED) is 0.111. The normalized spacial score (nSPS) is 19.7. The number of carbonyl (C=O) groups excluding carboxylic acids is 6. The molecule has 16 heteroatoms. The molecule has 1 aromatic carbocycles. The van der Waals surface area contributed by atoms with Crippen LogP contribution < -0.4 is 27.0 Å². The van der Waals surface area contributed by atoms with E-state index in [2.05, 4.69) is 21.3 Å². The predicted molar refractivity (Wildman–Crippen MR) is 208 cm³/mol. The van der Waals surface area contributed by atoms with E-state index in [1.165, 1.54) is 4.90 Å². The Hall–Kier alpha value is -4.05. The molecule has 0 spiro atoms. The largest absolute Gasteiger partial charge is 0.381 e. The number of likely N-dealkylation sites (tertiary alicyclic amines) is 1. The number of nitrogens with two attached hydrogens (primary N) is 1. The number of primary amides is 1. The highest BCUT2D eigenvalue weighted by atomic mass is 32.2. The lowest BCUT2D eigenvalue weighted by molar-refractivity contribution is -0.148. The van der Waals surface area contributed by atoms with Crippen molar-refractivity contribution < 1.29 is 42.3 Å². The number of sulfone groups is 1. The number of aliphatic hydroxyl groups excluding tert-OH is 1. The summed E-state index contributed by atoms with van der Waals surface area (Å²) < 4.78 is 24.8. The average Bonchev–Trinajstić information content (AvgIpc) is 3.64. The third kappa shape index (κ3) is 14.2. The maximum absolute atomic E-state index is 14.1. The van der Waals surface area contributed by atoms with E-state index >= 15 is 0 Å². The van der Waals surface area contributed by atoms with E-state index in [9.17, 15) is 42.3 Å². The number of rotatable bonds is 20. The Morgan fingerprint density at radius 2 is 1.53 bits per heavy atom. The lowest BCUT2D eigenvalue weighted by Crippen LogP contribution is -2.60. The van der Waals surface area contributed by atoms with Gasteiger partial charge in [-0.1, -0.05) is 96.6 Å². The number of aryl methyl sites for hydroxylation is 1. The van der Waals surface area contributed by atoms with E-state index < -0.39 is 87.3 Å². The van der Waals surface area contributed by atoms with Gasteiger partial charge in [-0.25, -0.2) is 8.42 Å². The van der Waals surface area contributed by atoms with E-state index in [4.69, 9.17) is 5.73 Å². The highest BCUT2D eigenvalue weighted by molar-refractivity contribution is 7.90. The fourth-order valence-electron chi connectivity index (χ4n) is 7.39. The van der Waals surface area contributed by atoms with Crippen molar-refractivity contribution in [2.45, 2.75) is 135 Å². The van der Waals surface area contributed by atoms with Crippen molar-refractivity contribution in [3.05, 3.63) is 35.9 Å². The summed E-state index contributed by atoms with van der Waals surface area (Å²) in [6.45, 7) is 7.24. The van der Waals surface area contributed by atoms with Crippen LogP contribution in [0.5, 0.6) is 0 Å². The van der Waals surface area contributed by atoms with E-state index in [1.807, 2.05) is 37.3 Å². The molecule has 6 amide bonds. The van der Waals surface area contributed by atoms with Crippen LogP contribution in [0.3, 0.4) is 0 Å². The van der Waals surface area contributed by atoms with Crippen molar-refractivity contribution in [1.82, 2.24) is 26.2 Å². The third-order valence-corrected chi connectivity index (χ3v) is 11.7. The Labute approximate surface area is 325 Å². The third-order valence-electron chi connectivity index (χ3n) is 10.8. The summed E-state index contributed by atoms with van der Waals surface area (Å²) in [7, 11) is -3.76. The molecule has 7 N–H and O–H groups in total. The summed E-state index contributed by atoms with van der Waals surface area (Å²) in [5, 5.41) is 22.4. The van der Waals surface area contributed by atoms with Crippen LogP contribution in [0.25, 0.3) is 0 Å². The molecule has 7 atom stereocenters. The van der Waals surface area contributed by atoms with E-state index in [0.717, 1.165) is 43.9 Å². The second-order valence-electron chi connectivity index (χ2n) is 15.7. The Morgan fingerprint density at radius 3 is 2.11 bits per heavy atom. The summed E-state index contributed by atoms with van der Waals surface area (Å²) in [6.07, 6.45) is 5.56. The van der Waals surface area contributed by atoms with Gasteiger partial charge in [-0.05, 0) is 49.0 Å². The van der Waals surface area contributed by atoms with Crippen LogP contribution >= 0.6 is 0 Å². The number of carbonyl (C=O) groups is 6. The Morgan fingerprint density at radius 1 is 0.873 bits per heavy atom. The highest BCUT2D eigenvalue weighted by Gasteiger charge is 2.42. The zero-order valence-electron chi connectivity index (χ0n) is 32.9. The van der Waals surface area contributed by atoms with Gasteiger partial charge >= 0.3 is 0 Å². The number of nitrogens with zero attached hydrogens (tertiary/aromatic N) is 1. The molecule has 0 unspecified atom stereocenters. The van der Waals surface area contributed by atoms with Crippen LogP contribution in [0, 0.1) is 17.8 Å². The van der Waals surface area contributed by atoms with Gasteiger partial charge in [-0.2, -0.15) is 0 Å². The van der Waals surface area contributed by atoms with Crippen LogP contribution in [-0.2, 0) is 45.0 Å². The first-order valence-electron chi connectivity index (χ1n) is 19.6. The molecule has 1 heterocycles. The SMILES string of the molecule is CC[C@@H](C)[C@H](NC(=O)[C@@H]1CCCN1C(=O)[C@@H](O)[C@H](CC1CCCCC1)NC(=O)[C@H](CS(C)(=O)=O)NC(=O)CCc1ccccc1)C(=O)N[C@H](C(N)=O)C(C)C. The molecule has 0 aromatic heterocycles. The molecule has 0 bridgehead atoms. The van der Waals surface area contributed by atoms with Crippen LogP contribution in [0.2, 0.25) is 0 Å². The molecule has 1 saturated carbocycles. The van der Waals surface area contributed by atoms with Crippen molar-refractivity contribution in [2.75, 3.05) is 18.6 Å². The topological polar surface area (TPSA) is 234 Å². The summed E-state index contributed by atoms with van der Waals surface area (Å²) >= 11 is 0. The maximum atomic E-state index is 14.1. The molecule has 1 aliphatic heterocycles. The van der Waals surface area contributed by atoms with Gasteiger partial charge in [0, 0.05) is 19.2 Å². The molecular formula is C39H62N6O9S. The lowest BCUT2D eigenvalue weighted by atomic mass is 9.83. The van der Waals surface area contributed by atoms with E-state index in [-0.39, 0.29) is 43.6 Å². The first-order valence-corrected chi connectivity index (χ1v) is 21.7. The van der Waals surface area contributed by atoms with Crippen molar-refractivity contribution in [3.8, 4) is 0 Å². The first kappa shape index (κ1) is 45.3. The van der Waals surface area contributed by atoms with Gasteiger partial charge in [0.1, 0.15) is 34.0 Å².